The highest BCUT2D eigenvalue weighted by Gasteiger charge is 2.38. The van der Waals surface area contributed by atoms with Gasteiger partial charge in [-0.15, -0.1) is 0 Å². The van der Waals surface area contributed by atoms with E-state index in [-0.39, 0.29) is 19.3 Å². The molecule has 0 saturated carbocycles. The number of aliphatic hydroxyl groups excluding tert-OH is 1. The molecule has 25 heavy (non-hydrogen) atoms. The maximum absolute atomic E-state index is 10.0. The van der Waals surface area contributed by atoms with Gasteiger partial charge >= 0.3 is 0 Å². The van der Waals surface area contributed by atoms with E-state index in [4.69, 9.17) is 14.6 Å². The number of aliphatic hydroxyl groups is 2. The number of allylic oxidation sites excluding steroid dienone is 4. The first-order chi connectivity index (χ1) is 12.2. The molecule has 4 heteroatoms. The molecule has 1 rings (SSSR count). The normalized spacial score (nSPS) is 24.0. The second kappa shape index (κ2) is 14.5. The van der Waals surface area contributed by atoms with E-state index < -0.39 is 5.97 Å². The standard InChI is InChI=1S/C21H38O4/c1-2-3-4-5-6-7-8-9-10-11-12-13-14-15-16-17-21(23)24-19-20(18-22)25-21/h7-10,20,22-23H,2-6,11-19H2,1H3/b8-7+,10-9+. The summed E-state index contributed by atoms with van der Waals surface area (Å²) in [6.45, 7) is 2.41. The lowest BCUT2D eigenvalue weighted by Crippen LogP contribution is -2.30. The predicted molar refractivity (Wildman–Crippen MR) is 102 cm³/mol. The molecule has 1 fully saturated rings. The van der Waals surface area contributed by atoms with Crippen LogP contribution in [0.5, 0.6) is 0 Å². The SMILES string of the molecule is CCCCCC/C=C/C=C/CCCCCCCC1(O)OCC(CO)O1. The Kier molecular flexibility index (Phi) is 13.0. The molecule has 0 aromatic carbocycles. The average Bonchev–Trinajstić information content (AvgIpc) is 3.00. The van der Waals surface area contributed by atoms with Gasteiger partial charge < -0.3 is 19.7 Å². The van der Waals surface area contributed by atoms with Gasteiger partial charge in [-0.3, -0.25) is 0 Å². The van der Waals surface area contributed by atoms with Gasteiger partial charge in [0.2, 0.25) is 0 Å². The number of hydrogen-bond acceptors (Lipinski definition) is 4. The van der Waals surface area contributed by atoms with Gasteiger partial charge in [-0.05, 0) is 32.1 Å². The van der Waals surface area contributed by atoms with E-state index in [1.54, 1.807) is 0 Å². The van der Waals surface area contributed by atoms with Crippen LogP contribution in [-0.2, 0) is 9.47 Å². The van der Waals surface area contributed by atoms with Crippen LogP contribution in [0.25, 0.3) is 0 Å². The minimum Gasteiger partial charge on any atom is -0.394 e. The van der Waals surface area contributed by atoms with Gasteiger partial charge in [0.1, 0.15) is 6.10 Å². The molecule has 2 atom stereocenters. The quantitative estimate of drug-likeness (QED) is 0.326. The van der Waals surface area contributed by atoms with E-state index >= 15 is 0 Å². The van der Waals surface area contributed by atoms with Crippen molar-refractivity contribution in [1.82, 2.24) is 0 Å². The van der Waals surface area contributed by atoms with E-state index in [1.807, 2.05) is 0 Å². The van der Waals surface area contributed by atoms with Crippen LogP contribution in [0.2, 0.25) is 0 Å². The Labute approximate surface area is 153 Å². The second-order valence-corrected chi connectivity index (χ2v) is 6.96. The van der Waals surface area contributed by atoms with Crippen LogP contribution in [0.3, 0.4) is 0 Å². The Morgan fingerprint density at radius 2 is 1.52 bits per heavy atom. The third-order valence-electron chi connectivity index (χ3n) is 4.52. The number of hydrogen-bond donors (Lipinski definition) is 2. The predicted octanol–water partition coefficient (Wildman–Crippen LogP) is 4.85. The Balaban J connectivity index is 1.87. The van der Waals surface area contributed by atoms with Crippen LogP contribution in [0, 0.1) is 0 Å². The van der Waals surface area contributed by atoms with Crippen molar-refractivity contribution in [1.29, 1.82) is 0 Å². The molecular formula is C21H38O4. The maximum atomic E-state index is 10.0. The molecular weight excluding hydrogens is 316 g/mol. The monoisotopic (exact) mass is 354 g/mol. The summed E-state index contributed by atoms with van der Waals surface area (Å²) >= 11 is 0. The molecule has 1 saturated heterocycles. The van der Waals surface area contributed by atoms with Crippen LogP contribution in [0.15, 0.2) is 24.3 Å². The molecule has 0 spiro atoms. The minimum absolute atomic E-state index is 0.107. The van der Waals surface area contributed by atoms with Crippen LogP contribution in [0.4, 0.5) is 0 Å². The molecule has 1 aliphatic rings. The summed E-state index contributed by atoms with van der Waals surface area (Å²) in [5.74, 6) is -1.47. The summed E-state index contributed by atoms with van der Waals surface area (Å²) in [6, 6.07) is 0. The highest BCUT2D eigenvalue weighted by Crippen LogP contribution is 2.26. The molecule has 146 valence electrons. The second-order valence-electron chi connectivity index (χ2n) is 6.96. The van der Waals surface area contributed by atoms with Crippen LogP contribution >= 0.6 is 0 Å². The van der Waals surface area contributed by atoms with Gasteiger partial charge in [0, 0.05) is 6.42 Å². The number of ether oxygens (including phenoxy) is 2. The molecule has 0 aliphatic carbocycles. The van der Waals surface area contributed by atoms with Crippen molar-refractivity contribution in [2.45, 2.75) is 96.1 Å². The van der Waals surface area contributed by atoms with E-state index in [0.717, 1.165) is 19.3 Å². The lowest BCUT2D eigenvalue weighted by molar-refractivity contribution is -0.316. The summed E-state index contributed by atoms with van der Waals surface area (Å²) in [4.78, 5) is 0. The highest BCUT2D eigenvalue weighted by molar-refractivity contribution is 5.02. The van der Waals surface area contributed by atoms with E-state index in [0.29, 0.717) is 6.42 Å². The Bertz CT molecular complexity index is 367. The number of rotatable bonds is 15. The molecule has 0 bridgehead atoms. The van der Waals surface area contributed by atoms with Crippen LogP contribution < -0.4 is 0 Å². The molecule has 1 aliphatic heterocycles. The third-order valence-corrected chi connectivity index (χ3v) is 4.52. The summed E-state index contributed by atoms with van der Waals surface area (Å²) in [6.07, 6.45) is 22.1. The molecule has 0 aromatic heterocycles. The topological polar surface area (TPSA) is 58.9 Å². The largest absolute Gasteiger partial charge is 0.394 e. The zero-order valence-corrected chi connectivity index (χ0v) is 16.0. The third kappa shape index (κ3) is 11.5. The molecule has 0 radical (unpaired) electrons. The fraction of sp³-hybridized carbons (Fsp3) is 0.810. The fourth-order valence-electron chi connectivity index (χ4n) is 2.95. The lowest BCUT2D eigenvalue weighted by atomic mass is 10.1. The van der Waals surface area contributed by atoms with Crippen molar-refractivity contribution in [3.63, 3.8) is 0 Å². The van der Waals surface area contributed by atoms with E-state index in [1.165, 1.54) is 51.4 Å². The van der Waals surface area contributed by atoms with Crippen LogP contribution in [-0.4, -0.2) is 35.5 Å². The zero-order valence-electron chi connectivity index (χ0n) is 16.0. The molecule has 0 aromatic rings. The summed E-state index contributed by atoms with van der Waals surface area (Å²) < 4.78 is 10.5. The Morgan fingerprint density at radius 1 is 0.920 bits per heavy atom. The van der Waals surface area contributed by atoms with Gasteiger partial charge in [0.15, 0.2) is 0 Å². The first-order valence-electron chi connectivity index (χ1n) is 10.2. The molecule has 2 unspecified atom stereocenters. The zero-order chi connectivity index (χ0) is 18.2. The van der Waals surface area contributed by atoms with Crippen molar-refractivity contribution >= 4 is 0 Å². The van der Waals surface area contributed by atoms with Crippen molar-refractivity contribution in [3.8, 4) is 0 Å². The van der Waals surface area contributed by atoms with Gasteiger partial charge in [0.25, 0.3) is 5.97 Å². The van der Waals surface area contributed by atoms with E-state index in [9.17, 15) is 5.11 Å². The van der Waals surface area contributed by atoms with Gasteiger partial charge in [-0.1, -0.05) is 69.8 Å². The summed E-state index contributed by atoms with van der Waals surface area (Å²) in [7, 11) is 0. The minimum atomic E-state index is -1.47. The number of unbranched alkanes of at least 4 members (excludes halogenated alkanes) is 9. The first kappa shape index (κ1) is 22.4. The van der Waals surface area contributed by atoms with Crippen LogP contribution in [0.1, 0.15) is 84.0 Å². The van der Waals surface area contributed by atoms with E-state index in [2.05, 4.69) is 31.2 Å². The maximum Gasteiger partial charge on any atom is 0.280 e. The average molecular weight is 355 g/mol. The van der Waals surface area contributed by atoms with Crippen molar-refractivity contribution in [2.24, 2.45) is 0 Å². The lowest BCUT2D eigenvalue weighted by Gasteiger charge is -2.20. The van der Waals surface area contributed by atoms with Crippen molar-refractivity contribution in [3.05, 3.63) is 24.3 Å². The summed E-state index contributed by atoms with van der Waals surface area (Å²) in [5.41, 5.74) is 0. The first-order valence-corrected chi connectivity index (χ1v) is 10.2. The molecule has 0 amide bonds. The highest BCUT2D eigenvalue weighted by atomic mass is 16.9. The van der Waals surface area contributed by atoms with Gasteiger partial charge in [-0.2, -0.15) is 0 Å². The molecule has 4 nitrogen and oxygen atoms in total. The van der Waals surface area contributed by atoms with Gasteiger partial charge in [0.05, 0.1) is 13.2 Å². The fourth-order valence-corrected chi connectivity index (χ4v) is 2.95. The smallest absolute Gasteiger partial charge is 0.280 e. The Morgan fingerprint density at radius 3 is 2.12 bits per heavy atom. The van der Waals surface area contributed by atoms with Gasteiger partial charge in [-0.25, -0.2) is 0 Å². The van der Waals surface area contributed by atoms with Crippen molar-refractivity contribution in [2.75, 3.05) is 13.2 Å². The summed E-state index contributed by atoms with van der Waals surface area (Å²) in [5, 5.41) is 19.0. The Hall–Kier alpha value is -0.680. The molecule has 1 heterocycles. The molecule has 2 N–H and O–H groups in total. The van der Waals surface area contributed by atoms with Crippen molar-refractivity contribution < 1.29 is 19.7 Å².